The Morgan fingerprint density at radius 3 is 2.18 bits per heavy atom. The maximum Gasteiger partial charge on any atom is 0.186 e. The maximum absolute atomic E-state index is 10.5. The van der Waals surface area contributed by atoms with Crippen molar-refractivity contribution in [2.45, 2.75) is 118 Å². The molecular formula is C20H39N3O10. The summed E-state index contributed by atoms with van der Waals surface area (Å²) in [6.07, 6.45) is -11.6. The number of ether oxygens (including phenoxy) is 4. The number of aliphatic hydroxyl groups excluding tert-OH is 6. The zero-order valence-corrected chi connectivity index (χ0v) is 18.9. The van der Waals surface area contributed by atoms with E-state index < -0.39 is 85.1 Å². The molecule has 3 fully saturated rings. The number of hydrogen-bond donors (Lipinski definition) is 9. The second-order valence-corrected chi connectivity index (χ2v) is 9.61. The second-order valence-electron chi connectivity index (χ2n) is 9.61. The van der Waals surface area contributed by atoms with E-state index in [-0.39, 0.29) is 19.4 Å². The molecule has 33 heavy (non-hydrogen) atoms. The smallest absolute Gasteiger partial charge is 0.186 e. The lowest BCUT2D eigenvalue weighted by molar-refractivity contribution is -0.281. The minimum absolute atomic E-state index is 0.0777. The van der Waals surface area contributed by atoms with Gasteiger partial charge in [0.2, 0.25) is 0 Å². The highest BCUT2D eigenvalue weighted by molar-refractivity contribution is 5.02. The van der Waals surface area contributed by atoms with Gasteiger partial charge in [-0.1, -0.05) is 6.92 Å². The molecular weight excluding hydrogens is 442 g/mol. The van der Waals surface area contributed by atoms with Crippen molar-refractivity contribution in [3.63, 3.8) is 0 Å². The summed E-state index contributed by atoms with van der Waals surface area (Å²) < 4.78 is 22.6. The van der Waals surface area contributed by atoms with Crippen LogP contribution in [0.5, 0.6) is 0 Å². The molecule has 12 N–H and O–H groups in total. The van der Waals surface area contributed by atoms with Gasteiger partial charge in [-0.3, -0.25) is 0 Å². The lowest BCUT2D eigenvalue weighted by Crippen LogP contribution is -2.66. The van der Waals surface area contributed by atoms with Crippen LogP contribution in [0.15, 0.2) is 0 Å². The fourth-order valence-electron chi connectivity index (χ4n) is 4.76. The number of hydrogen-bond acceptors (Lipinski definition) is 13. The van der Waals surface area contributed by atoms with E-state index in [0.29, 0.717) is 6.42 Å². The van der Waals surface area contributed by atoms with Crippen LogP contribution in [-0.4, -0.2) is 122 Å². The Balaban J connectivity index is 1.64. The molecule has 0 bridgehead atoms. The molecule has 0 radical (unpaired) electrons. The van der Waals surface area contributed by atoms with Gasteiger partial charge in [-0.25, -0.2) is 0 Å². The molecule has 2 aliphatic heterocycles. The Bertz CT molecular complexity index is 647. The summed E-state index contributed by atoms with van der Waals surface area (Å²) in [5.74, 6) is 0. The first-order valence-corrected chi connectivity index (χ1v) is 11.3. The summed E-state index contributed by atoms with van der Waals surface area (Å²) in [6, 6.07) is -1.87. The van der Waals surface area contributed by atoms with Gasteiger partial charge in [-0.05, 0) is 26.2 Å². The van der Waals surface area contributed by atoms with Gasteiger partial charge < -0.3 is 66.8 Å². The van der Waals surface area contributed by atoms with Crippen LogP contribution < -0.4 is 17.2 Å². The molecule has 1 saturated carbocycles. The van der Waals surface area contributed by atoms with Crippen LogP contribution in [0.4, 0.5) is 0 Å². The van der Waals surface area contributed by atoms with Crippen LogP contribution in [0, 0.1) is 0 Å². The number of rotatable bonds is 7. The molecule has 0 aromatic heterocycles. The fourth-order valence-corrected chi connectivity index (χ4v) is 4.76. The molecule has 14 atom stereocenters. The quantitative estimate of drug-likeness (QED) is 0.167. The summed E-state index contributed by atoms with van der Waals surface area (Å²) >= 11 is 0. The van der Waals surface area contributed by atoms with E-state index in [1.807, 2.05) is 0 Å². The average Bonchev–Trinajstić information content (AvgIpc) is 3.02. The molecule has 0 aromatic carbocycles. The van der Waals surface area contributed by atoms with Gasteiger partial charge in [0, 0.05) is 11.6 Å². The first-order chi connectivity index (χ1) is 15.4. The van der Waals surface area contributed by atoms with Gasteiger partial charge in [0.05, 0.1) is 37.1 Å². The van der Waals surface area contributed by atoms with Crippen molar-refractivity contribution in [2.24, 2.45) is 17.2 Å². The normalized spacial score (nSPS) is 52.1. The van der Waals surface area contributed by atoms with Crippen LogP contribution in [0.3, 0.4) is 0 Å². The van der Waals surface area contributed by atoms with E-state index in [9.17, 15) is 30.6 Å². The van der Waals surface area contributed by atoms with E-state index in [0.717, 1.165) is 0 Å². The van der Waals surface area contributed by atoms with E-state index >= 15 is 0 Å². The minimum Gasteiger partial charge on any atom is -0.391 e. The molecule has 2 heterocycles. The molecule has 0 spiro atoms. The van der Waals surface area contributed by atoms with Crippen molar-refractivity contribution in [1.29, 1.82) is 0 Å². The molecule has 3 aliphatic rings. The summed E-state index contributed by atoms with van der Waals surface area (Å²) in [5, 5.41) is 60.9. The van der Waals surface area contributed by atoms with Crippen molar-refractivity contribution in [2.75, 3.05) is 6.61 Å². The highest BCUT2D eigenvalue weighted by Gasteiger charge is 2.50. The van der Waals surface area contributed by atoms with Crippen molar-refractivity contribution in [3.8, 4) is 0 Å². The van der Waals surface area contributed by atoms with Gasteiger partial charge in [-0.15, -0.1) is 0 Å². The Kier molecular flexibility index (Phi) is 8.71. The highest BCUT2D eigenvalue weighted by Crippen LogP contribution is 2.33. The largest absolute Gasteiger partial charge is 0.391 e. The molecule has 194 valence electrons. The summed E-state index contributed by atoms with van der Waals surface area (Å²) in [4.78, 5) is 0. The minimum atomic E-state index is -1.39. The van der Waals surface area contributed by atoms with Crippen LogP contribution in [0.1, 0.15) is 33.1 Å². The summed E-state index contributed by atoms with van der Waals surface area (Å²) in [7, 11) is 0. The van der Waals surface area contributed by atoms with Crippen LogP contribution in [-0.2, 0) is 18.9 Å². The van der Waals surface area contributed by atoms with Gasteiger partial charge >= 0.3 is 0 Å². The molecule has 0 amide bonds. The maximum atomic E-state index is 10.5. The second kappa shape index (κ2) is 10.6. The predicted octanol–water partition coefficient (Wildman–Crippen LogP) is -4.42. The number of aliphatic hydroxyl groups is 6. The molecule has 0 aromatic rings. The van der Waals surface area contributed by atoms with Gasteiger partial charge in [0.25, 0.3) is 0 Å². The van der Waals surface area contributed by atoms with E-state index in [1.54, 1.807) is 6.92 Å². The first-order valence-electron chi connectivity index (χ1n) is 11.3. The molecule has 13 nitrogen and oxygen atoms in total. The summed E-state index contributed by atoms with van der Waals surface area (Å²) in [5.41, 5.74) is 17.4. The number of nitrogens with two attached hydrogens (primary N) is 3. The Hall–Kier alpha value is -0.520. The standard InChI is InChI=1S/C20H39N3O10/c1-3-9-13(26)16(29)19(31-9)32-10-5-20(23,4-8(21)12(10)25)6-30-18-11(22)14(27)15(28)17(33-18)7(2)24/h7-19,24-29H,3-6,21-23H2,1-2H3/t7-,8-,9-,10?,11?,12?,13?,14?,15+,16?,17?,18+,19+,20?/m1/s1. The zero-order chi connectivity index (χ0) is 24.7. The Morgan fingerprint density at radius 2 is 1.61 bits per heavy atom. The zero-order valence-electron chi connectivity index (χ0n) is 18.9. The molecule has 13 heteroatoms. The topological polar surface area (TPSA) is 236 Å². The molecule has 8 unspecified atom stereocenters. The average molecular weight is 482 g/mol. The third-order valence-corrected chi connectivity index (χ3v) is 6.80. The predicted molar refractivity (Wildman–Crippen MR) is 112 cm³/mol. The first kappa shape index (κ1) is 27.1. The van der Waals surface area contributed by atoms with Crippen molar-refractivity contribution in [3.05, 3.63) is 0 Å². The third-order valence-electron chi connectivity index (χ3n) is 6.80. The van der Waals surface area contributed by atoms with Crippen LogP contribution >= 0.6 is 0 Å². The van der Waals surface area contributed by atoms with Gasteiger partial charge in [-0.2, -0.15) is 0 Å². The lowest BCUT2D eigenvalue weighted by atomic mass is 9.77. The van der Waals surface area contributed by atoms with E-state index in [4.69, 9.17) is 36.1 Å². The highest BCUT2D eigenvalue weighted by atomic mass is 16.7. The van der Waals surface area contributed by atoms with Crippen molar-refractivity contribution >= 4 is 0 Å². The lowest BCUT2D eigenvalue weighted by Gasteiger charge is -2.46. The van der Waals surface area contributed by atoms with Crippen LogP contribution in [0.2, 0.25) is 0 Å². The van der Waals surface area contributed by atoms with E-state index in [2.05, 4.69) is 0 Å². The SMILES string of the molecule is CC[C@H]1O[C@@H](OC2CC(N)(CO[C@H]3OC([C@@H](C)O)[C@@H](O)C(O)C3N)C[C@@H](N)C2O)C(O)C1O. The van der Waals surface area contributed by atoms with Gasteiger partial charge in [0.1, 0.15) is 30.5 Å². The van der Waals surface area contributed by atoms with E-state index in [1.165, 1.54) is 6.92 Å². The van der Waals surface area contributed by atoms with Crippen molar-refractivity contribution < 1.29 is 49.6 Å². The third kappa shape index (κ3) is 5.67. The van der Waals surface area contributed by atoms with Crippen LogP contribution in [0.25, 0.3) is 0 Å². The molecule has 2 saturated heterocycles. The monoisotopic (exact) mass is 481 g/mol. The Labute approximate surface area is 192 Å². The Morgan fingerprint density at radius 1 is 0.939 bits per heavy atom. The molecule has 1 aliphatic carbocycles. The summed E-state index contributed by atoms with van der Waals surface area (Å²) in [6.45, 7) is 3.06. The van der Waals surface area contributed by atoms with Gasteiger partial charge in [0.15, 0.2) is 12.6 Å². The van der Waals surface area contributed by atoms with Crippen molar-refractivity contribution in [1.82, 2.24) is 0 Å². The fraction of sp³-hybridized carbons (Fsp3) is 1.00. The molecule has 3 rings (SSSR count).